The summed E-state index contributed by atoms with van der Waals surface area (Å²) in [5.74, 6) is -0.267. The maximum Gasteiger partial charge on any atom is 0.148 e. The first-order valence-corrected chi connectivity index (χ1v) is 4.00. The smallest absolute Gasteiger partial charge is 0.148 e. The average Bonchev–Trinajstić information content (AvgIpc) is 1.88. The Balaban J connectivity index is 3.03. The van der Waals surface area contributed by atoms with Gasteiger partial charge in [-0.15, -0.1) is 0 Å². The number of nitrogens with zero attached hydrogens (tertiary/aromatic N) is 1. The third-order valence-corrected chi connectivity index (χ3v) is 1.80. The highest BCUT2D eigenvalue weighted by Crippen LogP contribution is 2.24. The number of benzene rings is 1. The van der Waals surface area contributed by atoms with Gasteiger partial charge in [0, 0.05) is 0 Å². The van der Waals surface area contributed by atoms with Gasteiger partial charge in [0.15, 0.2) is 0 Å². The summed E-state index contributed by atoms with van der Waals surface area (Å²) < 4.78 is 14.1. The van der Waals surface area contributed by atoms with Gasteiger partial charge in [0.25, 0.3) is 0 Å². The van der Waals surface area contributed by atoms with Crippen molar-refractivity contribution in [2.75, 3.05) is 2.95 Å². The second-order valence-corrected chi connectivity index (χ2v) is 4.05. The lowest BCUT2D eigenvalue weighted by atomic mass is 10.3. The van der Waals surface area contributed by atoms with Crippen LogP contribution in [0.5, 0.6) is 0 Å². The number of hydrogen-bond donors (Lipinski definition) is 0. The molecule has 0 saturated heterocycles. The monoisotopic (exact) mass is 267 g/mol. The molecule has 0 aliphatic carbocycles. The molecule has 1 aromatic rings. The van der Waals surface area contributed by atoms with Crippen LogP contribution in [-0.2, 0) is 0 Å². The molecule has 54 valence electrons. The lowest BCUT2D eigenvalue weighted by molar-refractivity contribution is 0.631. The van der Waals surface area contributed by atoms with Gasteiger partial charge in [-0.25, -0.2) is 7.34 Å². The second kappa shape index (κ2) is 3.34. The molecule has 0 amide bonds. The van der Waals surface area contributed by atoms with Crippen molar-refractivity contribution in [1.29, 1.82) is 0 Å². The molecule has 1 rings (SSSR count). The predicted molar refractivity (Wildman–Crippen MR) is 46.7 cm³/mol. The summed E-state index contributed by atoms with van der Waals surface area (Å²) in [4.78, 5) is 0. The molecule has 0 bridgehead atoms. The van der Waals surface area contributed by atoms with Gasteiger partial charge in [-0.05, 0) is 12.1 Å². The average molecular weight is 269 g/mol. The molecule has 0 aliphatic heterocycles. The molecule has 10 heavy (non-hydrogen) atoms. The molecule has 0 heterocycles. The van der Waals surface area contributed by atoms with Crippen molar-refractivity contribution in [3.05, 3.63) is 30.1 Å². The van der Waals surface area contributed by atoms with E-state index in [1.807, 2.05) is 0 Å². The van der Waals surface area contributed by atoms with Crippen LogP contribution >= 0.6 is 32.3 Å². The van der Waals surface area contributed by atoms with Crippen LogP contribution in [0.2, 0.25) is 0 Å². The largest absolute Gasteiger partial charge is 0.240 e. The van der Waals surface area contributed by atoms with Crippen LogP contribution in [0.4, 0.5) is 10.1 Å². The van der Waals surface area contributed by atoms with Crippen molar-refractivity contribution in [2.45, 2.75) is 0 Å². The van der Waals surface area contributed by atoms with Gasteiger partial charge >= 0.3 is 0 Å². The summed E-state index contributed by atoms with van der Waals surface area (Å²) in [5, 5.41) is 0. The molecular weight excluding hydrogens is 265 g/mol. The van der Waals surface area contributed by atoms with Crippen molar-refractivity contribution >= 4 is 38.0 Å². The third-order valence-electron chi connectivity index (χ3n) is 1.03. The van der Waals surface area contributed by atoms with Crippen molar-refractivity contribution in [3.63, 3.8) is 0 Å². The van der Waals surface area contributed by atoms with Crippen molar-refractivity contribution in [1.82, 2.24) is 0 Å². The van der Waals surface area contributed by atoms with Crippen LogP contribution < -0.4 is 2.95 Å². The lowest BCUT2D eigenvalue weighted by Crippen LogP contribution is -1.92. The molecule has 0 radical (unpaired) electrons. The van der Waals surface area contributed by atoms with Crippen LogP contribution in [0, 0.1) is 5.82 Å². The Morgan fingerprint density at radius 1 is 1.20 bits per heavy atom. The van der Waals surface area contributed by atoms with E-state index in [0.717, 1.165) is 0 Å². The molecule has 0 aliphatic rings. The molecule has 0 saturated carbocycles. The fourth-order valence-corrected chi connectivity index (χ4v) is 1.16. The van der Waals surface area contributed by atoms with Crippen LogP contribution in [0.15, 0.2) is 24.3 Å². The third kappa shape index (κ3) is 1.70. The highest BCUT2D eigenvalue weighted by Gasteiger charge is 2.02. The first kappa shape index (κ1) is 8.01. The van der Waals surface area contributed by atoms with E-state index in [9.17, 15) is 4.39 Å². The zero-order valence-corrected chi connectivity index (χ0v) is 8.06. The Labute approximate surface area is 75.5 Å². The summed E-state index contributed by atoms with van der Waals surface area (Å²) in [6, 6.07) is 6.44. The topological polar surface area (TPSA) is 3.24 Å². The molecule has 1 nitrogen and oxygen atoms in total. The highest BCUT2D eigenvalue weighted by atomic mass is 79.9. The van der Waals surface area contributed by atoms with Crippen LogP contribution in [0.1, 0.15) is 0 Å². The normalized spacial score (nSPS) is 9.50. The minimum Gasteiger partial charge on any atom is -0.240 e. The van der Waals surface area contributed by atoms with Gasteiger partial charge in [-0.1, -0.05) is 12.1 Å². The van der Waals surface area contributed by atoms with Gasteiger partial charge in [0.2, 0.25) is 0 Å². The number of anilines is 1. The van der Waals surface area contributed by atoms with Crippen molar-refractivity contribution in [2.24, 2.45) is 0 Å². The summed E-state index contributed by atoms with van der Waals surface area (Å²) in [6.45, 7) is 0. The van der Waals surface area contributed by atoms with Crippen LogP contribution in [-0.4, -0.2) is 0 Å². The molecule has 1 aromatic carbocycles. The van der Waals surface area contributed by atoms with Gasteiger partial charge in [-0.3, -0.25) is 0 Å². The van der Waals surface area contributed by atoms with Gasteiger partial charge in [-0.2, -0.15) is 0 Å². The minimum atomic E-state index is -0.267. The molecule has 0 N–H and O–H groups in total. The molecule has 0 unspecified atom stereocenters. The quantitative estimate of drug-likeness (QED) is 0.707. The Morgan fingerprint density at radius 3 is 2.20 bits per heavy atom. The van der Waals surface area contributed by atoms with E-state index in [4.69, 9.17) is 0 Å². The minimum absolute atomic E-state index is 0.267. The molecule has 4 heteroatoms. The van der Waals surface area contributed by atoms with Gasteiger partial charge < -0.3 is 0 Å². The van der Waals surface area contributed by atoms with E-state index in [2.05, 4.69) is 32.3 Å². The summed E-state index contributed by atoms with van der Waals surface area (Å²) in [5.41, 5.74) is 0.461. The van der Waals surface area contributed by atoms with Crippen LogP contribution in [0.3, 0.4) is 0 Å². The maximum absolute atomic E-state index is 12.7. The maximum atomic E-state index is 12.7. The number of para-hydroxylation sites is 1. The fraction of sp³-hybridized carbons (Fsp3) is 0. The van der Waals surface area contributed by atoms with E-state index in [1.54, 1.807) is 18.2 Å². The number of hydrogen-bond acceptors (Lipinski definition) is 1. The zero-order valence-electron chi connectivity index (χ0n) is 4.89. The van der Waals surface area contributed by atoms with Crippen LogP contribution in [0.25, 0.3) is 0 Å². The molecular formula is C6H4Br2FN. The van der Waals surface area contributed by atoms with E-state index < -0.39 is 0 Å². The number of rotatable bonds is 1. The summed E-state index contributed by atoms with van der Waals surface area (Å²) in [7, 11) is 0. The lowest BCUT2D eigenvalue weighted by Gasteiger charge is -2.05. The van der Waals surface area contributed by atoms with E-state index >= 15 is 0 Å². The zero-order chi connectivity index (χ0) is 7.56. The van der Waals surface area contributed by atoms with Gasteiger partial charge in [0.05, 0.1) is 38.0 Å². The SMILES string of the molecule is Fc1ccccc1N(Br)Br. The molecule has 0 fully saturated rings. The summed E-state index contributed by atoms with van der Waals surface area (Å²) in [6.07, 6.45) is 0. The van der Waals surface area contributed by atoms with E-state index in [-0.39, 0.29) is 5.82 Å². The predicted octanol–water partition coefficient (Wildman–Crippen LogP) is 3.25. The van der Waals surface area contributed by atoms with E-state index in [0.29, 0.717) is 5.69 Å². The molecule has 0 aromatic heterocycles. The molecule has 0 spiro atoms. The first-order valence-electron chi connectivity index (χ1n) is 2.58. The summed E-state index contributed by atoms with van der Waals surface area (Å²) >= 11 is 6.09. The fourth-order valence-electron chi connectivity index (χ4n) is 0.589. The standard InChI is InChI=1S/C6H4Br2FN/c7-10(8)6-4-2-1-3-5(6)9/h1-4H. The Kier molecular flexibility index (Phi) is 2.68. The Bertz CT molecular complexity index is 227. The highest BCUT2D eigenvalue weighted by molar-refractivity contribution is 9.25. The first-order chi connectivity index (χ1) is 4.72. The second-order valence-electron chi connectivity index (χ2n) is 1.68. The molecule has 0 atom stereocenters. The van der Waals surface area contributed by atoms with E-state index in [1.165, 1.54) is 9.02 Å². The van der Waals surface area contributed by atoms with Crippen molar-refractivity contribution < 1.29 is 4.39 Å². The van der Waals surface area contributed by atoms with Gasteiger partial charge in [0.1, 0.15) is 5.82 Å². The van der Waals surface area contributed by atoms with Crippen molar-refractivity contribution in [3.8, 4) is 0 Å². The number of halogens is 3. The Hall–Kier alpha value is -0.0900. The Morgan fingerprint density at radius 2 is 1.80 bits per heavy atom.